The maximum atomic E-state index is 12.3. The first-order valence-electron chi connectivity index (χ1n) is 6.19. The van der Waals surface area contributed by atoms with Crippen LogP contribution in [0.1, 0.15) is 16.1 Å². The third-order valence-electron chi connectivity index (χ3n) is 3.06. The molecule has 0 aliphatic rings. The van der Waals surface area contributed by atoms with Gasteiger partial charge in [-0.1, -0.05) is 30.3 Å². The van der Waals surface area contributed by atoms with Crippen molar-refractivity contribution >= 4 is 16.7 Å². The van der Waals surface area contributed by atoms with Crippen LogP contribution in [0.15, 0.2) is 54.6 Å². The summed E-state index contributed by atoms with van der Waals surface area (Å²) < 4.78 is 5.17. The van der Waals surface area contributed by atoms with Gasteiger partial charge in [-0.15, -0.1) is 10.2 Å². The van der Waals surface area contributed by atoms with E-state index in [1.54, 1.807) is 25.3 Å². The second-order valence-corrected chi connectivity index (χ2v) is 4.35. The van der Waals surface area contributed by atoms with Gasteiger partial charge in [0.1, 0.15) is 11.4 Å². The molecule has 1 aromatic heterocycles. The van der Waals surface area contributed by atoms with E-state index in [0.717, 1.165) is 16.7 Å². The van der Waals surface area contributed by atoms with Gasteiger partial charge in [-0.3, -0.25) is 4.79 Å². The molecule has 0 aliphatic carbocycles. The van der Waals surface area contributed by atoms with Crippen molar-refractivity contribution < 1.29 is 9.53 Å². The molecule has 2 aromatic carbocycles. The molecule has 0 N–H and O–H groups in total. The number of aromatic nitrogens is 2. The van der Waals surface area contributed by atoms with E-state index in [9.17, 15) is 4.79 Å². The van der Waals surface area contributed by atoms with Crippen molar-refractivity contribution in [2.24, 2.45) is 0 Å². The predicted molar refractivity (Wildman–Crippen MR) is 76.0 cm³/mol. The minimum atomic E-state index is -0.136. The Hall–Kier alpha value is -2.75. The molecule has 0 unspecified atom stereocenters. The number of ether oxygens (including phenoxy) is 1. The van der Waals surface area contributed by atoms with Gasteiger partial charge in [0.2, 0.25) is 5.78 Å². The van der Waals surface area contributed by atoms with Gasteiger partial charge in [0.25, 0.3) is 0 Å². The molecule has 0 amide bonds. The van der Waals surface area contributed by atoms with Crippen LogP contribution in [0.2, 0.25) is 0 Å². The minimum absolute atomic E-state index is 0.136. The van der Waals surface area contributed by atoms with Gasteiger partial charge in [-0.25, -0.2) is 0 Å². The van der Waals surface area contributed by atoms with E-state index >= 15 is 0 Å². The summed E-state index contributed by atoms with van der Waals surface area (Å²) in [6.45, 7) is 0. The van der Waals surface area contributed by atoms with Crippen molar-refractivity contribution in [2.45, 2.75) is 0 Å². The van der Waals surface area contributed by atoms with Gasteiger partial charge in [0, 0.05) is 10.9 Å². The molecule has 3 aromatic rings. The summed E-state index contributed by atoms with van der Waals surface area (Å²) in [6.07, 6.45) is 0. The average Bonchev–Trinajstić information content (AvgIpc) is 2.54. The SMILES string of the molecule is COc1ccc2nnc(C(=O)c3ccccc3)cc2c1. The van der Waals surface area contributed by atoms with Crippen LogP contribution >= 0.6 is 0 Å². The number of methoxy groups -OCH3 is 1. The highest BCUT2D eigenvalue weighted by atomic mass is 16.5. The molecule has 0 radical (unpaired) electrons. The Kier molecular flexibility index (Phi) is 3.13. The third kappa shape index (κ3) is 2.23. The molecule has 0 fully saturated rings. The normalized spacial score (nSPS) is 10.4. The lowest BCUT2D eigenvalue weighted by molar-refractivity contribution is 0.103. The third-order valence-corrected chi connectivity index (χ3v) is 3.06. The highest BCUT2D eigenvalue weighted by Crippen LogP contribution is 2.20. The number of ketones is 1. The zero-order chi connectivity index (χ0) is 13.9. The van der Waals surface area contributed by atoms with Gasteiger partial charge >= 0.3 is 0 Å². The van der Waals surface area contributed by atoms with Gasteiger partial charge in [-0.2, -0.15) is 0 Å². The molecule has 4 heteroatoms. The Morgan fingerprint density at radius 1 is 1.00 bits per heavy atom. The number of hydrogen-bond donors (Lipinski definition) is 0. The van der Waals surface area contributed by atoms with E-state index in [2.05, 4.69) is 10.2 Å². The molecule has 0 spiro atoms. The van der Waals surface area contributed by atoms with Crippen molar-refractivity contribution in [3.05, 3.63) is 65.9 Å². The van der Waals surface area contributed by atoms with Crippen molar-refractivity contribution in [3.63, 3.8) is 0 Å². The standard InChI is InChI=1S/C16H12N2O2/c1-20-13-7-8-14-12(9-13)10-15(18-17-14)16(19)11-5-3-2-4-6-11/h2-10H,1H3. The van der Waals surface area contributed by atoms with Crippen LogP contribution in [0, 0.1) is 0 Å². The quantitative estimate of drug-likeness (QED) is 0.682. The van der Waals surface area contributed by atoms with Gasteiger partial charge in [0.15, 0.2) is 0 Å². The van der Waals surface area contributed by atoms with Gasteiger partial charge in [0.05, 0.1) is 12.6 Å². The molecule has 0 saturated carbocycles. The Labute approximate surface area is 116 Å². The largest absolute Gasteiger partial charge is 0.497 e. The van der Waals surface area contributed by atoms with Crippen LogP contribution in [0.3, 0.4) is 0 Å². The van der Waals surface area contributed by atoms with E-state index in [0.29, 0.717) is 11.3 Å². The van der Waals surface area contributed by atoms with Crippen molar-refractivity contribution in [1.29, 1.82) is 0 Å². The Bertz CT molecular complexity index is 770. The smallest absolute Gasteiger partial charge is 0.213 e. The monoisotopic (exact) mass is 264 g/mol. The fourth-order valence-electron chi connectivity index (χ4n) is 2.00. The van der Waals surface area contributed by atoms with Crippen LogP contribution in [0.4, 0.5) is 0 Å². The molecule has 0 aliphatic heterocycles. The number of hydrogen-bond acceptors (Lipinski definition) is 4. The van der Waals surface area contributed by atoms with Gasteiger partial charge in [-0.05, 0) is 24.3 Å². The number of carbonyl (C=O) groups is 1. The van der Waals surface area contributed by atoms with Gasteiger partial charge < -0.3 is 4.74 Å². The Morgan fingerprint density at radius 2 is 1.80 bits per heavy atom. The van der Waals surface area contributed by atoms with Crippen LogP contribution in [0.5, 0.6) is 5.75 Å². The Balaban J connectivity index is 2.06. The lowest BCUT2D eigenvalue weighted by Gasteiger charge is -2.03. The van der Waals surface area contributed by atoms with Crippen molar-refractivity contribution in [2.75, 3.05) is 7.11 Å². The molecular formula is C16H12N2O2. The molecule has 0 atom stereocenters. The fourth-order valence-corrected chi connectivity index (χ4v) is 2.00. The topological polar surface area (TPSA) is 52.1 Å². The van der Waals surface area contributed by atoms with Crippen LogP contribution in [-0.2, 0) is 0 Å². The molecule has 98 valence electrons. The lowest BCUT2D eigenvalue weighted by Crippen LogP contribution is -2.05. The molecule has 1 heterocycles. The van der Waals surface area contributed by atoms with E-state index in [-0.39, 0.29) is 5.78 Å². The maximum absolute atomic E-state index is 12.3. The maximum Gasteiger partial charge on any atom is 0.213 e. The highest BCUT2D eigenvalue weighted by molar-refractivity contribution is 6.08. The molecule has 3 rings (SSSR count). The van der Waals surface area contributed by atoms with E-state index in [1.165, 1.54) is 0 Å². The van der Waals surface area contributed by atoms with E-state index < -0.39 is 0 Å². The zero-order valence-electron chi connectivity index (χ0n) is 10.9. The summed E-state index contributed by atoms with van der Waals surface area (Å²) in [4.78, 5) is 12.3. The van der Waals surface area contributed by atoms with Crippen LogP contribution in [-0.4, -0.2) is 23.1 Å². The number of benzene rings is 2. The summed E-state index contributed by atoms with van der Waals surface area (Å²) >= 11 is 0. The number of rotatable bonds is 3. The van der Waals surface area contributed by atoms with E-state index in [1.807, 2.05) is 36.4 Å². The molecule has 4 nitrogen and oxygen atoms in total. The first-order valence-corrected chi connectivity index (χ1v) is 6.19. The first kappa shape index (κ1) is 12.3. The predicted octanol–water partition coefficient (Wildman–Crippen LogP) is 2.87. The van der Waals surface area contributed by atoms with Crippen LogP contribution in [0.25, 0.3) is 10.9 Å². The summed E-state index contributed by atoms with van der Waals surface area (Å²) in [5, 5.41) is 8.91. The molecule has 20 heavy (non-hydrogen) atoms. The molecule has 0 bridgehead atoms. The second kappa shape index (κ2) is 5.09. The average molecular weight is 264 g/mol. The minimum Gasteiger partial charge on any atom is -0.497 e. The van der Waals surface area contributed by atoms with E-state index in [4.69, 9.17) is 4.74 Å². The number of carbonyl (C=O) groups excluding carboxylic acids is 1. The number of nitrogens with zero attached hydrogens (tertiary/aromatic N) is 2. The zero-order valence-corrected chi connectivity index (χ0v) is 10.9. The highest BCUT2D eigenvalue weighted by Gasteiger charge is 2.11. The van der Waals surface area contributed by atoms with Crippen molar-refractivity contribution in [1.82, 2.24) is 10.2 Å². The number of fused-ring (bicyclic) bond motifs is 1. The van der Waals surface area contributed by atoms with Crippen molar-refractivity contribution in [3.8, 4) is 5.75 Å². The Morgan fingerprint density at radius 3 is 2.55 bits per heavy atom. The summed E-state index contributed by atoms with van der Waals surface area (Å²) in [5.41, 5.74) is 1.66. The summed E-state index contributed by atoms with van der Waals surface area (Å²) in [5.74, 6) is 0.589. The second-order valence-electron chi connectivity index (χ2n) is 4.35. The fraction of sp³-hybridized carbons (Fsp3) is 0.0625. The van der Waals surface area contributed by atoms with Crippen LogP contribution < -0.4 is 4.74 Å². The summed E-state index contributed by atoms with van der Waals surface area (Å²) in [6, 6.07) is 16.3. The summed E-state index contributed by atoms with van der Waals surface area (Å²) in [7, 11) is 1.60. The first-order chi connectivity index (χ1) is 9.78. The molecule has 0 saturated heterocycles. The lowest BCUT2D eigenvalue weighted by atomic mass is 10.1. The molecular weight excluding hydrogens is 252 g/mol.